The van der Waals surface area contributed by atoms with Crippen LogP contribution in [0.25, 0.3) is 11.3 Å². The number of nitrogens with one attached hydrogen (secondary N) is 1. The van der Waals surface area contributed by atoms with Gasteiger partial charge in [-0.25, -0.2) is 9.37 Å². The number of aryl methyl sites for hydroxylation is 1. The van der Waals surface area contributed by atoms with Crippen molar-refractivity contribution >= 4 is 0 Å². The fourth-order valence-electron chi connectivity index (χ4n) is 2.76. The molecule has 1 N–H and O–H groups in total. The smallest absolute Gasteiger partial charge is 0.123 e. The van der Waals surface area contributed by atoms with Gasteiger partial charge in [-0.3, -0.25) is 0 Å². The minimum atomic E-state index is -0.205. The van der Waals surface area contributed by atoms with Crippen molar-refractivity contribution in [3.63, 3.8) is 0 Å². The maximum Gasteiger partial charge on any atom is 0.123 e. The monoisotopic (exact) mass is 288 g/mol. The van der Waals surface area contributed by atoms with E-state index in [-0.39, 0.29) is 5.82 Å². The van der Waals surface area contributed by atoms with E-state index in [0.717, 1.165) is 56.9 Å². The van der Waals surface area contributed by atoms with Crippen LogP contribution >= 0.6 is 0 Å². The van der Waals surface area contributed by atoms with Crippen LogP contribution in [0.1, 0.15) is 6.42 Å². The molecule has 0 saturated carbocycles. The second-order valence-electron chi connectivity index (χ2n) is 5.42. The summed E-state index contributed by atoms with van der Waals surface area (Å²) in [6.45, 7) is 6.50. The van der Waals surface area contributed by atoms with Gasteiger partial charge in [0.15, 0.2) is 0 Å². The Labute approximate surface area is 124 Å². The standard InChI is InChI=1S/C16H21FN4/c17-15-4-2-14(3-5-15)16-12-19-13-21(16)9-1-8-20-10-6-18-7-11-20/h2-5,12-13,18H,1,6-11H2. The summed E-state index contributed by atoms with van der Waals surface area (Å²) < 4.78 is 15.2. The maximum atomic E-state index is 13.0. The molecule has 1 aliphatic rings. The number of nitrogens with zero attached hydrogens (tertiary/aromatic N) is 3. The Morgan fingerprint density at radius 1 is 1.10 bits per heavy atom. The largest absolute Gasteiger partial charge is 0.331 e. The molecule has 1 saturated heterocycles. The van der Waals surface area contributed by atoms with Crippen LogP contribution in [0.4, 0.5) is 4.39 Å². The van der Waals surface area contributed by atoms with E-state index in [0.29, 0.717) is 0 Å². The lowest BCUT2D eigenvalue weighted by Crippen LogP contribution is -2.43. The third kappa shape index (κ3) is 3.68. The maximum absolute atomic E-state index is 13.0. The highest BCUT2D eigenvalue weighted by Gasteiger charge is 2.10. The van der Waals surface area contributed by atoms with Crippen molar-refractivity contribution in [1.82, 2.24) is 19.8 Å². The van der Waals surface area contributed by atoms with Crippen molar-refractivity contribution in [3.05, 3.63) is 42.6 Å². The SMILES string of the molecule is Fc1ccc(-c2cncn2CCCN2CCNCC2)cc1. The third-order valence-corrected chi connectivity index (χ3v) is 3.94. The molecule has 0 bridgehead atoms. The van der Waals surface area contributed by atoms with Crippen LogP contribution in [-0.2, 0) is 6.54 Å². The zero-order valence-corrected chi connectivity index (χ0v) is 12.1. The Bertz CT molecular complexity index is 558. The topological polar surface area (TPSA) is 33.1 Å². The molecule has 1 aliphatic heterocycles. The molecule has 3 rings (SSSR count). The van der Waals surface area contributed by atoms with E-state index >= 15 is 0 Å². The first-order valence-electron chi connectivity index (χ1n) is 7.52. The minimum absolute atomic E-state index is 0.205. The lowest BCUT2D eigenvalue weighted by Gasteiger charge is -2.27. The highest BCUT2D eigenvalue weighted by atomic mass is 19.1. The summed E-state index contributed by atoms with van der Waals surface area (Å²) >= 11 is 0. The minimum Gasteiger partial charge on any atom is -0.331 e. The lowest BCUT2D eigenvalue weighted by molar-refractivity contribution is 0.235. The van der Waals surface area contributed by atoms with E-state index in [4.69, 9.17) is 0 Å². The molecule has 2 heterocycles. The number of benzene rings is 1. The van der Waals surface area contributed by atoms with E-state index in [1.165, 1.54) is 12.1 Å². The number of hydrogen-bond acceptors (Lipinski definition) is 3. The molecule has 2 aromatic rings. The molecule has 5 heteroatoms. The van der Waals surface area contributed by atoms with Crippen molar-refractivity contribution in [1.29, 1.82) is 0 Å². The zero-order valence-electron chi connectivity index (χ0n) is 12.1. The fourth-order valence-corrected chi connectivity index (χ4v) is 2.76. The second-order valence-corrected chi connectivity index (χ2v) is 5.42. The van der Waals surface area contributed by atoms with E-state index in [9.17, 15) is 4.39 Å². The number of aromatic nitrogens is 2. The molecule has 4 nitrogen and oxygen atoms in total. The van der Waals surface area contributed by atoms with Gasteiger partial charge in [0.2, 0.25) is 0 Å². The number of hydrogen-bond donors (Lipinski definition) is 1. The van der Waals surface area contributed by atoms with Crippen molar-refractivity contribution in [3.8, 4) is 11.3 Å². The molecule has 1 fully saturated rings. The summed E-state index contributed by atoms with van der Waals surface area (Å²) in [6.07, 6.45) is 4.80. The first-order chi connectivity index (χ1) is 10.3. The highest BCUT2D eigenvalue weighted by Crippen LogP contribution is 2.19. The van der Waals surface area contributed by atoms with E-state index in [1.807, 2.05) is 12.5 Å². The van der Waals surface area contributed by atoms with Crippen molar-refractivity contribution in [2.24, 2.45) is 0 Å². The predicted octanol–water partition coefficient (Wildman–Crippen LogP) is 1.98. The Morgan fingerprint density at radius 3 is 2.62 bits per heavy atom. The second kappa shape index (κ2) is 6.83. The number of imidazole rings is 1. The normalized spacial score (nSPS) is 16.2. The molecule has 0 unspecified atom stereocenters. The van der Waals surface area contributed by atoms with Crippen LogP contribution in [0.5, 0.6) is 0 Å². The summed E-state index contributed by atoms with van der Waals surface area (Å²) in [5.74, 6) is -0.205. The average Bonchev–Trinajstić information content (AvgIpc) is 2.98. The van der Waals surface area contributed by atoms with Crippen LogP contribution in [-0.4, -0.2) is 47.2 Å². The van der Waals surface area contributed by atoms with Crippen molar-refractivity contribution < 1.29 is 4.39 Å². The molecule has 0 aliphatic carbocycles. The summed E-state index contributed by atoms with van der Waals surface area (Å²) in [4.78, 5) is 6.72. The van der Waals surface area contributed by atoms with Gasteiger partial charge < -0.3 is 14.8 Å². The molecular weight excluding hydrogens is 267 g/mol. The third-order valence-electron chi connectivity index (χ3n) is 3.94. The van der Waals surface area contributed by atoms with E-state index in [1.54, 1.807) is 12.1 Å². The van der Waals surface area contributed by atoms with Crippen LogP contribution < -0.4 is 5.32 Å². The predicted molar refractivity (Wildman–Crippen MR) is 81.5 cm³/mol. The zero-order chi connectivity index (χ0) is 14.5. The van der Waals surface area contributed by atoms with Gasteiger partial charge in [0, 0.05) is 32.7 Å². The number of rotatable bonds is 5. The van der Waals surface area contributed by atoms with Crippen molar-refractivity contribution in [2.75, 3.05) is 32.7 Å². The molecule has 21 heavy (non-hydrogen) atoms. The van der Waals surface area contributed by atoms with Crippen molar-refractivity contribution in [2.45, 2.75) is 13.0 Å². The molecule has 0 amide bonds. The molecule has 112 valence electrons. The Balaban J connectivity index is 1.59. The molecule has 0 spiro atoms. The average molecular weight is 288 g/mol. The molecule has 0 atom stereocenters. The first kappa shape index (κ1) is 14.2. The number of piperazine rings is 1. The first-order valence-corrected chi connectivity index (χ1v) is 7.52. The summed E-state index contributed by atoms with van der Waals surface area (Å²) in [5.41, 5.74) is 2.06. The van der Waals surface area contributed by atoms with Gasteiger partial charge in [-0.15, -0.1) is 0 Å². The van der Waals surface area contributed by atoms with Gasteiger partial charge in [0.1, 0.15) is 5.82 Å². The van der Waals surface area contributed by atoms with Crippen LogP contribution in [0.15, 0.2) is 36.8 Å². The Kier molecular flexibility index (Phi) is 4.62. The lowest BCUT2D eigenvalue weighted by atomic mass is 10.1. The van der Waals surface area contributed by atoms with Gasteiger partial charge in [0.05, 0.1) is 18.2 Å². The van der Waals surface area contributed by atoms with Gasteiger partial charge >= 0.3 is 0 Å². The summed E-state index contributed by atoms with van der Waals surface area (Å²) in [7, 11) is 0. The van der Waals surface area contributed by atoms with E-state index in [2.05, 4.69) is 19.8 Å². The summed E-state index contributed by atoms with van der Waals surface area (Å²) in [5, 5.41) is 3.37. The van der Waals surface area contributed by atoms with E-state index < -0.39 is 0 Å². The van der Waals surface area contributed by atoms with Gasteiger partial charge in [-0.05, 0) is 42.8 Å². The number of halogens is 1. The van der Waals surface area contributed by atoms with Crippen LogP contribution in [0, 0.1) is 5.82 Å². The van der Waals surface area contributed by atoms with Gasteiger partial charge in [-0.2, -0.15) is 0 Å². The Hall–Kier alpha value is -1.72. The summed E-state index contributed by atoms with van der Waals surface area (Å²) in [6, 6.07) is 6.60. The molecular formula is C16H21FN4. The quantitative estimate of drug-likeness (QED) is 0.913. The van der Waals surface area contributed by atoms with Crippen LogP contribution in [0.3, 0.4) is 0 Å². The molecule has 0 radical (unpaired) electrons. The van der Waals surface area contributed by atoms with Gasteiger partial charge in [-0.1, -0.05) is 0 Å². The fraction of sp³-hybridized carbons (Fsp3) is 0.438. The highest BCUT2D eigenvalue weighted by molar-refractivity contribution is 5.58. The Morgan fingerprint density at radius 2 is 1.86 bits per heavy atom. The molecule has 1 aromatic carbocycles. The molecule has 1 aromatic heterocycles. The van der Waals surface area contributed by atoms with Crippen LogP contribution in [0.2, 0.25) is 0 Å². The van der Waals surface area contributed by atoms with Gasteiger partial charge in [0.25, 0.3) is 0 Å².